The number of esters is 1. The molecular weight excluding hydrogens is 564 g/mol. The summed E-state index contributed by atoms with van der Waals surface area (Å²) >= 11 is 3.49. The summed E-state index contributed by atoms with van der Waals surface area (Å²) in [5, 5.41) is 9.00. The molecule has 2 atom stereocenters. The molecule has 39 heavy (non-hydrogen) atoms. The van der Waals surface area contributed by atoms with Gasteiger partial charge in [0.15, 0.2) is 11.6 Å². The van der Waals surface area contributed by atoms with Crippen molar-refractivity contribution in [3.63, 3.8) is 0 Å². The average molecular weight is 602 g/mol. The first kappa shape index (κ1) is 29.1. The van der Waals surface area contributed by atoms with Crippen LogP contribution in [0, 0.1) is 0 Å². The van der Waals surface area contributed by atoms with Crippen LogP contribution in [0.25, 0.3) is 0 Å². The number of ether oxygens (including phenoxy) is 3. The third-order valence-corrected chi connectivity index (χ3v) is 7.23. The van der Waals surface area contributed by atoms with Crippen molar-refractivity contribution in [1.82, 2.24) is 4.90 Å². The van der Waals surface area contributed by atoms with E-state index in [4.69, 9.17) is 24.3 Å². The molecule has 1 N–H and O–H groups in total. The number of benzene rings is 2. The fourth-order valence-corrected chi connectivity index (χ4v) is 5.13. The summed E-state index contributed by atoms with van der Waals surface area (Å²) in [6.45, 7) is 7.27. The molecule has 4 rings (SSSR count). The smallest absolute Gasteiger partial charge is 0.306 e. The largest absolute Gasteiger partial charge is 0.494 e. The summed E-state index contributed by atoms with van der Waals surface area (Å²) in [6, 6.07) is 15.0. The molecular formula is C30H37BrN2O6. The lowest BCUT2D eigenvalue weighted by Crippen LogP contribution is -2.49. The maximum atomic E-state index is 14.2. The number of rotatable bonds is 10. The van der Waals surface area contributed by atoms with Crippen LogP contribution in [0.4, 0.5) is 0 Å². The normalized spacial score (nSPS) is 20.9. The number of hydrogen-bond acceptors (Lipinski definition) is 7. The summed E-state index contributed by atoms with van der Waals surface area (Å²) in [4.78, 5) is 33.9. The molecule has 0 bridgehead atoms. The molecule has 8 nitrogen and oxygen atoms in total. The predicted octanol–water partition coefficient (Wildman–Crippen LogP) is 5.21. The van der Waals surface area contributed by atoms with Crippen molar-refractivity contribution in [2.75, 3.05) is 26.3 Å². The average Bonchev–Trinajstić information content (AvgIpc) is 3.57. The monoisotopic (exact) mass is 600 g/mol. The summed E-state index contributed by atoms with van der Waals surface area (Å²) in [7, 11) is 0. The van der Waals surface area contributed by atoms with Crippen LogP contribution in [0.3, 0.4) is 0 Å². The standard InChI is InChI=1S/C30H37BrN2O6/c1-29(2,3)39-25(35)15-16-30(28(36)33-17-4-5-18-33)26(21-7-11-23(31)12-8-21)38-27(32-30)22-9-13-24(14-10-22)37-20-6-19-34/h7-14,26,34H,4-6,15-20H2,1-3H3/t26-,30-/m1/s1. The van der Waals surface area contributed by atoms with E-state index < -0.39 is 17.2 Å². The van der Waals surface area contributed by atoms with E-state index in [1.54, 1.807) is 0 Å². The van der Waals surface area contributed by atoms with Gasteiger partial charge in [0.2, 0.25) is 5.90 Å². The van der Waals surface area contributed by atoms with E-state index in [0.717, 1.165) is 22.9 Å². The highest BCUT2D eigenvalue weighted by Gasteiger charge is 2.55. The zero-order valence-corrected chi connectivity index (χ0v) is 24.4. The lowest BCUT2D eigenvalue weighted by Gasteiger charge is -2.34. The lowest BCUT2D eigenvalue weighted by atomic mass is 9.83. The van der Waals surface area contributed by atoms with Gasteiger partial charge in [0.1, 0.15) is 11.4 Å². The highest BCUT2D eigenvalue weighted by Crippen LogP contribution is 2.45. The zero-order valence-electron chi connectivity index (χ0n) is 22.8. The third kappa shape index (κ3) is 7.19. The molecule has 0 unspecified atom stereocenters. The number of aliphatic hydroxyl groups is 1. The van der Waals surface area contributed by atoms with Crippen molar-refractivity contribution < 1.29 is 28.9 Å². The topological polar surface area (TPSA) is 97.7 Å². The summed E-state index contributed by atoms with van der Waals surface area (Å²) < 4.78 is 18.7. The van der Waals surface area contributed by atoms with E-state index >= 15 is 0 Å². The van der Waals surface area contributed by atoms with Gasteiger partial charge in [0, 0.05) is 42.6 Å². The van der Waals surface area contributed by atoms with Crippen LogP contribution in [0.2, 0.25) is 0 Å². The number of aliphatic hydroxyl groups excluding tert-OH is 1. The molecule has 9 heteroatoms. The van der Waals surface area contributed by atoms with Gasteiger partial charge >= 0.3 is 5.97 Å². The number of hydrogen-bond donors (Lipinski definition) is 1. The summed E-state index contributed by atoms with van der Waals surface area (Å²) in [5.74, 6) is 0.510. The van der Waals surface area contributed by atoms with Gasteiger partial charge in [-0.1, -0.05) is 28.1 Å². The fraction of sp³-hybridized carbons (Fsp3) is 0.500. The van der Waals surface area contributed by atoms with Gasteiger partial charge < -0.3 is 24.2 Å². The Labute approximate surface area is 238 Å². The molecule has 0 radical (unpaired) electrons. The second kappa shape index (κ2) is 12.5. The first-order chi connectivity index (χ1) is 18.6. The highest BCUT2D eigenvalue weighted by molar-refractivity contribution is 9.10. The number of carbonyl (C=O) groups excluding carboxylic acids is 2. The molecule has 1 saturated heterocycles. The van der Waals surface area contributed by atoms with Gasteiger partial charge in [-0.3, -0.25) is 9.59 Å². The van der Waals surface area contributed by atoms with Gasteiger partial charge in [0.05, 0.1) is 6.61 Å². The molecule has 2 aliphatic rings. The third-order valence-electron chi connectivity index (χ3n) is 6.70. The van der Waals surface area contributed by atoms with Crippen molar-refractivity contribution in [2.45, 2.75) is 70.1 Å². The van der Waals surface area contributed by atoms with Crippen molar-refractivity contribution >= 4 is 33.7 Å². The Hall–Kier alpha value is -2.91. The molecule has 0 saturated carbocycles. The number of amides is 1. The van der Waals surface area contributed by atoms with E-state index in [1.807, 2.05) is 74.2 Å². The van der Waals surface area contributed by atoms with Gasteiger partial charge in [-0.15, -0.1) is 0 Å². The number of halogens is 1. The summed E-state index contributed by atoms with van der Waals surface area (Å²) in [5.41, 5.74) is -0.436. The minimum absolute atomic E-state index is 0.0294. The Kier molecular flexibility index (Phi) is 9.33. The maximum Gasteiger partial charge on any atom is 0.306 e. The van der Waals surface area contributed by atoms with Crippen LogP contribution in [0.1, 0.15) is 70.1 Å². The molecule has 1 amide bonds. The number of carbonyl (C=O) groups is 2. The molecule has 210 valence electrons. The van der Waals surface area contributed by atoms with Gasteiger partial charge in [-0.2, -0.15) is 0 Å². The molecule has 1 fully saturated rings. The van der Waals surface area contributed by atoms with Crippen molar-refractivity contribution in [2.24, 2.45) is 4.99 Å². The molecule has 2 aromatic carbocycles. The highest BCUT2D eigenvalue weighted by atomic mass is 79.9. The van der Waals surface area contributed by atoms with Crippen LogP contribution in [-0.4, -0.2) is 65.2 Å². The van der Waals surface area contributed by atoms with Crippen molar-refractivity contribution in [3.05, 3.63) is 64.1 Å². The van der Waals surface area contributed by atoms with E-state index in [2.05, 4.69) is 15.9 Å². The Bertz CT molecular complexity index is 1170. The second-order valence-corrected chi connectivity index (χ2v) is 11.8. The Balaban J connectivity index is 1.71. The van der Waals surface area contributed by atoms with Gasteiger partial charge in [-0.25, -0.2) is 4.99 Å². The van der Waals surface area contributed by atoms with Crippen LogP contribution >= 0.6 is 15.9 Å². The Morgan fingerprint density at radius 2 is 1.77 bits per heavy atom. The fourth-order valence-electron chi connectivity index (χ4n) is 4.87. The molecule has 2 aromatic rings. The van der Waals surface area contributed by atoms with E-state index in [0.29, 0.717) is 43.3 Å². The van der Waals surface area contributed by atoms with Crippen molar-refractivity contribution in [3.8, 4) is 5.75 Å². The summed E-state index contributed by atoms with van der Waals surface area (Å²) in [6.07, 6.45) is 1.89. The quantitative estimate of drug-likeness (QED) is 0.297. The molecule has 2 heterocycles. The lowest BCUT2D eigenvalue weighted by molar-refractivity contribution is -0.155. The van der Waals surface area contributed by atoms with Crippen LogP contribution in [-0.2, 0) is 19.1 Å². The molecule has 2 aliphatic heterocycles. The van der Waals surface area contributed by atoms with Crippen molar-refractivity contribution in [1.29, 1.82) is 0 Å². The second-order valence-electron chi connectivity index (χ2n) is 10.9. The first-order valence-corrected chi connectivity index (χ1v) is 14.3. The van der Waals surface area contributed by atoms with E-state index in [9.17, 15) is 9.59 Å². The number of aliphatic imine (C=N–C) groups is 1. The minimum Gasteiger partial charge on any atom is -0.494 e. The number of likely N-dealkylation sites (tertiary alicyclic amines) is 1. The van der Waals surface area contributed by atoms with E-state index in [-0.39, 0.29) is 31.3 Å². The molecule has 0 aliphatic carbocycles. The Morgan fingerprint density at radius 3 is 2.38 bits per heavy atom. The van der Waals surface area contributed by atoms with E-state index in [1.165, 1.54) is 0 Å². The van der Waals surface area contributed by atoms with Gasteiger partial charge in [0.25, 0.3) is 5.91 Å². The van der Waals surface area contributed by atoms with Crippen LogP contribution in [0.5, 0.6) is 5.75 Å². The minimum atomic E-state index is -1.32. The zero-order chi connectivity index (χ0) is 28.0. The van der Waals surface area contributed by atoms with Crippen LogP contribution in [0.15, 0.2) is 58.0 Å². The predicted molar refractivity (Wildman–Crippen MR) is 152 cm³/mol. The maximum absolute atomic E-state index is 14.2. The molecule has 0 aromatic heterocycles. The first-order valence-electron chi connectivity index (χ1n) is 13.5. The Morgan fingerprint density at radius 1 is 1.10 bits per heavy atom. The van der Waals surface area contributed by atoms with Crippen LogP contribution < -0.4 is 4.74 Å². The number of nitrogens with zero attached hydrogens (tertiary/aromatic N) is 2. The van der Waals surface area contributed by atoms with Gasteiger partial charge in [-0.05, 0) is 82.0 Å². The molecule has 0 spiro atoms. The SMILES string of the molecule is CC(C)(C)OC(=O)CC[C@@]1(C(=O)N2CCCC2)N=C(c2ccc(OCCCO)cc2)O[C@@H]1c1ccc(Br)cc1.